The minimum Gasteiger partial charge on any atom is -0.337 e. The summed E-state index contributed by atoms with van der Waals surface area (Å²) in [5.41, 5.74) is 2.37. The molecule has 3 aromatic carbocycles. The number of fused-ring (bicyclic) bond motifs is 1. The Bertz CT molecular complexity index is 1720. The topological polar surface area (TPSA) is 84.3 Å². The van der Waals surface area contributed by atoms with Crippen LogP contribution < -0.4 is 9.62 Å². The molecular weight excluding hydrogens is 558 g/mol. The predicted octanol–water partition coefficient (Wildman–Crippen LogP) is 5.97. The van der Waals surface area contributed by atoms with Crippen LogP contribution in [0.15, 0.2) is 90.1 Å². The summed E-state index contributed by atoms with van der Waals surface area (Å²) in [5.74, 6) is -2.77. The van der Waals surface area contributed by atoms with Gasteiger partial charge in [0, 0.05) is 49.1 Å². The van der Waals surface area contributed by atoms with Gasteiger partial charge in [-0.2, -0.15) is 0 Å². The molecule has 1 heterocycles. The minimum absolute atomic E-state index is 0.0652. The first-order valence-corrected chi connectivity index (χ1v) is 15.5. The van der Waals surface area contributed by atoms with E-state index >= 15 is 8.78 Å². The third kappa shape index (κ3) is 5.48. The maximum absolute atomic E-state index is 15.1. The molecule has 3 atom stereocenters. The molecule has 7 nitrogen and oxygen atoms in total. The Morgan fingerprint density at radius 1 is 1.10 bits per heavy atom. The summed E-state index contributed by atoms with van der Waals surface area (Å²) in [6, 6.07) is 19.7. The molecule has 0 aliphatic heterocycles. The van der Waals surface area contributed by atoms with Crippen LogP contribution in [0.5, 0.6) is 0 Å². The van der Waals surface area contributed by atoms with Crippen LogP contribution in [0, 0.1) is 12.8 Å². The van der Waals surface area contributed by atoms with Crippen molar-refractivity contribution in [1.29, 1.82) is 0 Å². The molecule has 1 aromatic heterocycles. The number of rotatable bonds is 8. The van der Waals surface area contributed by atoms with Crippen molar-refractivity contribution in [3.8, 4) is 0 Å². The van der Waals surface area contributed by atoms with Gasteiger partial charge in [-0.15, -0.1) is 0 Å². The van der Waals surface area contributed by atoms with Crippen molar-refractivity contribution >= 4 is 21.6 Å². The highest BCUT2D eigenvalue weighted by Crippen LogP contribution is 2.50. The number of hydrogen-bond acceptors (Lipinski definition) is 4. The van der Waals surface area contributed by atoms with E-state index < -0.39 is 28.4 Å². The summed E-state index contributed by atoms with van der Waals surface area (Å²) in [7, 11) is -2.15. The van der Waals surface area contributed by atoms with Gasteiger partial charge in [0.1, 0.15) is 5.82 Å². The molecule has 1 fully saturated rings. The lowest BCUT2D eigenvalue weighted by Crippen LogP contribution is -2.36. The predicted molar refractivity (Wildman–Crippen MR) is 155 cm³/mol. The highest BCUT2D eigenvalue weighted by Gasteiger charge is 2.47. The first-order valence-electron chi connectivity index (χ1n) is 14.0. The van der Waals surface area contributed by atoms with Crippen molar-refractivity contribution < 1.29 is 22.0 Å². The summed E-state index contributed by atoms with van der Waals surface area (Å²) in [4.78, 5) is 20.0. The monoisotopic (exact) mass is 590 g/mol. The quantitative estimate of drug-likeness (QED) is 0.274. The second-order valence-corrected chi connectivity index (χ2v) is 13.0. The zero-order valence-corrected chi connectivity index (χ0v) is 24.2. The van der Waals surface area contributed by atoms with E-state index in [-0.39, 0.29) is 46.7 Å². The number of hydrogen-bond donors (Lipinski definition) is 1. The van der Waals surface area contributed by atoms with E-state index in [2.05, 4.69) is 9.71 Å². The summed E-state index contributed by atoms with van der Waals surface area (Å²) < 4.78 is 61.2. The minimum atomic E-state index is -3.98. The summed E-state index contributed by atoms with van der Waals surface area (Å²) in [6.07, 6.45) is 3.55. The standard InChI is InChI=1S/C32H32F2N4O3S/c1-21-8-11-24(12-9-21)42(40,41)36-29-14-15-32(33,34)28-13-10-23(18-27(28)29)38(20-30-35-16-17-37(30)2)31(39)26-19-25(26)22-6-4-3-5-7-22/h3-13,16-18,25-26,29,36H,14-15,19-20H2,1-2H3/t25-,26-,29+/m1/s1. The molecule has 10 heteroatoms. The lowest BCUT2D eigenvalue weighted by molar-refractivity contribution is -0.120. The Balaban J connectivity index is 1.36. The molecular formula is C32H32F2N4O3S. The molecule has 2 aliphatic carbocycles. The molecule has 0 saturated heterocycles. The van der Waals surface area contributed by atoms with Gasteiger partial charge >= 0.3 is 0 Å². The number of aryl methyl sites for hydroxylation is 2. The summed E-state index contributed by atoms with van der Waals surface area (Å²) >= 11 is 0. The van der Waals surface area contributed by atoms with Gasteiger partial charge in [-0.3, -0.25) is 4.79 Å². The number of alkyl halides is 2. The normalized spacial score (nSPS) is 21.0. The van der Waals surface area contributed by atoms with Crippen LogP contribution in [0.4, 0.5) is 14.5 Å². The van der Waals surface area contributed by atoms with Crippen LogP contribution in [-0.2, 0) is 34.3 Å². The maximum atomic E-state index is 15.1. The molecule has 2 aliphatic rings. The average molecular weight is 591 g/mol. The van der Waals surface area contributed by atoms with Crippen LogP contribution in [0.25, 0.3) is 0 Å². The Morgan fingerprint density at radius 2 is 1.83 bits per heavy atom. The third-order valence-electron chi connectivity index (χ3n) is 8.31. The van der Waals surface area contributed by atoms with Gasteiger partial charge in [0.05, 0.1) is 11.4 Å². The second-order valence-electron chi connectivity index (χ2n) is 11.2. The third-order valence-corrected chi connectivity index (χ3v) is 9.80. The number of sulfonamides is 1. The Hall–Kier alpha value is -3.89. The fraction of sp³-hybridized carbons (Fsp3) is 0.312. The van der Waals surface area contributed by atoms with Gasteiger partial charge in [0.2, 0.25) is 15.9 Å². The van der Waals surface area contributed by atoms with Crippen molar-refractivity contribution in [1.82, 2.24) is 14.3 Å². The molecule has 1 saturated carbocycles. The van der Waals surface area contributed by atoms with Crippen LogP contribution in [-0.4, -0.2) is 23.9 Å². The highest BCUT2D eigenvalue weighted by atomic mass is 32.2. The van der Waals surface area contributed by atoms with Gasteiger partial charge in [-0.1, -0.05) is 54.1 Å². The van der Waals surface area contributed by atoms with Crippen LogP contribution >= 0.6 is 0 Å². The number of carbonyl (C=O) groups is 1. The van der Waals surface area contributed by atoms with Crippen LogP contribution in [0.1, 0.15) is 59.3 Å². The van der Waals surface area contributed by atoms with Gasteiger partial charge in [0.25, 0.3) is 5.92 Å². The molecule has 0 spiro atoms. The van der Waals surface area contributed by atoms with Crippen molar-refractivity contribution in [2.45, 2.75) is 55.5 Å². The molecule has 1 amide bonds. The molecule has 4 aromatic rings. The van der Waals surface area contributed by atoms with Crippen molar-refractivity contribution in [2.24, 2.45) is 13.0 Å². The number of nitrogens with zero attached hydrogens (tertiary/aromatic N) is 3. The number of benzene rings is 3. The fourth-order valence-corrected chi connectivity index (χ4v) is 7.02. The average Bonchev–Trinajstić information content (AvgIpc) is 3.68. The molecule has 0 radical (unpaired) electrons. The lowest BCUT2D eigenvalue weighted by atomic mass is 9.85. The number of amides is 1. The number of halogens is 2. The molecule has 0 unspecified atom stereocenters. The summed E-state index contributed by atoms with van der Waals surface area (Å²) in [5, 5.41) is 0. The molecule has 1 N–H and O–H groups in total. The number of aromatic nitrogens is 2. The van der Waals surface area contributed by atoms with Crippen molar-refractivity contribution in [2.75, 3.05) is 4.90 Å². The van der Waals surface area contributed by atoms with Gasteiger partial charge in [-0.05, 0) is 61.1 Å². The molecule has 6 rings (SSSR count). The SMILES string of the molecule is Cc1ccc(S(=O)(=O)N[C@H]2CCC(F)(F)c3ccc(N(Cc4nccn4C)C(=O)[C@@H]4C[C@@H]4c4ccccc4)cc32)cc1. The van der Waals surface area contributed by atoms with Crippen molar-refractivity contribution in [3.63, 3.8) is 0 Å². The first kappa shape index (κ1) is 28.2. The lowest BCUT2D eigenvalue weighted by Gasteiger charge is -2.33. The summed E-state index contributed by atoms with van der Waals surface area (Å²) in [6.45, 7) is 2.00. The highest BCUT2D eigenvalue weighted by molar-refractivity contribution is 7.89. The van der Waals surface area contributed by atoms with E-state index in [1.807, 2.05) is 48.9 Å². The van der Waals surface area contributed by atoms with Gasteiger partial charge in [0.15, 0.2) is 0 Å². The molecule has 0 bridgehead atoms. The zero-order chi connectivity index (χ0) is 29.6. The number of anilines is 1. The van der Waals surface area contributed by atoms with E-state index in [1.54, 1.807) is 35.5 Å². The van der Waals surface area contributed by atoms with Gasteiger partial charge < -0.3 is 9.47 Å². The van der Waals surface area contributed by atoms with Crippen LogP contribution in [0.3, 0.4) is 0 Å². The smallest absolute Gasteiger partial charge is 0.273 e. The van der Waals surface area contributed by atoms with Gasteiger partial charge in [-0.25, -0.2) is 26.9 Å². The van der Waals surface area contributed by atoms with E-state index in [0.29, 0.717) is 17.9 Å². The number of carbonyl (C=O) groups excluding carboxylic acids is 1. The largest absolute Gasteiger partial charge is 0.337 e. The Labute approximate surface area is 244 Å². The second kappa shape index (κ2) is 10.7. The molecule has 42 heavy (non-hydrogen) atoms. The Morgan fingerprint density at radius 3 is 2.52 bits per heavy atom. The first-order chi connectivity index (χ1) is 20.0. The maximum Gasteiger partial charge on any atom is 0.273 e. The Kier molecular flexibility index (Phi) is 7.22. The van der Waals surface area contributed by atoms with Crippen LogP contribution in [0.2, 0.25) is 0 Å². The van der Waals surface area contributed by atoms with E-state index in [0.717, 1.165) is 11.1 Å². The zero-order valence-electron chi connectivity index (χ0n) is 23.4. The van der Waals surface area contributed by atoms with Crippen molar-refractivity contribution in [3.05, 3.63) is 113 Å². The fourth-order valence-electron chi connectivity index (χ4n) is 5.77. The molecule has 218 valence electrons. The van der Waals surface area contributed by atoms with E-state index in [9.17, 15) is 13.2 Å². The number of nitrogens with one attached hydrogen (secondary N) is 1. The number of imidazole rings is 1. The van der Waals surface area contributed by atoms with E-state index in [1.165, 1.54) is 24.3 Å². The van der Waals surface area contributed by atoms with E-state index in [4.69, 9.17) is 0 Å².